The van der Waals surface area contributed by atoms with Crippen LogP contribution >= 0.6 is 0 Å². The van der Waals surface area contributed by atoms with Gasteiger partial charge in [-0.1, -0.05) is 31.0 Å². The third-order valence-electron chi connectivity index (χ3n) is 5.96. The number of carbonyl (C=O) groups excluding carboxylic acids is 1. The van der Waals surface area contributed by atoms with E-state index in [9.17, 15) is 4.79 Å². The minimum absolute atomic E-state index is 0.0110. The summed E-state index contributed by atoms with van der Waals surface area (Å²) in [6.07, 6.45) is 6.54. The minimum atomic E-state index is -0.178. The van der Waals surface area contributed by atoms with Gasteiger partial charge in [-0.15, -0.1) is 0 Å². The van der Waals surface area contributed by atoms with Crippen LogP contribution in [0, 0.1) is 6.92 Å². The Kier molecular flexibility index (Phi) is 4.65. The summed E-state index contributed by atoms with van der Waals surface area (Å²) in [6.45, 7) is 4.75. The van der Waals surface area contributed by atoms with E-state index in [1.807, 2.05) is 38.1 Å². The van der Waals surface area contributed by atoms with Gasteiger partial charge in [0.1, 0.15) is 11.3 Å². The SMILES string of the molecule is Cc1c(C(C)NC(=O)NC2CCOC3(CCCC3)C2)oc2ccccc12. The fourth-order valence-corrected chi connectivity index (χ4v) is 4.61. The lowest BCUT2D eigenvalue weighted by Crippen LogP contribution is -2.50. The molecule has 2 atom stereocenters. The second-order valence-corrected chi connectivity index (χ2v) is 7.86. The molecule has 1 saturated heterocycles. The molecule has 0 bridgehead atoms. The molecular formula is C21H28N2O3. The molecule has 1 aromatic carbocycles. The fourth-order valence-electron chi connectivity index (χ4n) is 4.61. The number of para-hydroxylation sites is 1. The first-order chi connectivity index (χ1) is 12.6. The molecule has 2 amide bonds. The number of urea groups is 1. The van der Waals surface area contributed by atoms with Crippen LogP contribution in [0.1, 0.15) is 62.8 Å². The van der Waals surface area contributed by atoms with Crippen LogP contribution in [0.2, 0.25) is 0 Å². The summed E-state index contributed by atoms with van der Waals surface area (Å²) in [5.74, 6) is 0.820. The molecule has 1 aromatic heterocycles. The van der Waals surface area contributed by atoms with Crippen molar-refractivity contribution in [2.75, 3.05) is 6.61 Å². The van der Waals surface area contributed by atoms with Crippen LogP contribution in [0.25, 0.3) is 11.0 Å². The van der Waals surface area contributed by atoms with E-state index in [0.717, 1.165) is 54.6 Å². The summed E-state index contributed by atoms with van der Waals surface area (Å²) in [6, 6.07) is 7.86. The lowest BCUT2D eigenvalue weighted by atomic mass is 9.89. The van der Waals surface area contributed by atoms with Crippen LogP contribution in [-0.2, 0) is 4.74 Å². The Morgan fingerprint density at radius 1 is 1.27 bits per heavy atom. The van der Waals surface area contributed by atoms with E-state index in [-0.39, 0.29) is 23.7 Å². The predicted molar refractivity (Wildman–Crippen MR) is 101 cm³/mol. The number of amides is 2. The van der Waals surface area contributed by atoms with Gasteiger partial charge in [0.25, 0.3) is 0 Å². The molecule has 0 radical (unpaired) electrons. The predicted octanol–water partition coefficient (Wildman–Crippen LogP) is 4.59. The van der Waals surface area contributed by atoms with Crippen molar-refractivity contribution in [2.24, 2.45) is 0 Å². The third-order valence-corrected chi connectivity index (χ3v) is 5.96. The van der Waals surface area contributed by atoms with Crippen molar-refractivity contribution in [2.45, 2.75) is 70.1 Å². The first-order valence-electron chi connectivity index (χ1n) is 9.75. The highest BCUT2D eigenvalue weighted by Gasteiger charge is 2.40. The molecule has 2 N–H and O–H groups in total. The third kappa shape index (κ3) is 3.32. The number of rotatable bonds is 3. The number of aryl methyl sites for hydroxylation is 1. The second kappa shape index (κ2) is 6.95. The maximum atomic E-state index is 12.5. The van der Waals surface area contributed by atoms with Crippen molar-refractivity contribution in [3.8, 4) is 0 Å². The molecule has 1 aliphatic carbocycles. The monoisotopic (exact) mass is 356 g/mol. The van der Waals surface area contributed by atoms with E-state index < -0.39 is 0 Å². The average molecular weight is 356 g/mol. The molecule has 5 nitrogen and oxygen atoms in total. The van der Waals surface area contributed by atoms with Crippen LogP contribution in [0.3, 0.4) is 0 Å². The number of ether oxygens (including phenoxy) is 1. The summed E-state index contributed by atoms with van der Waals surface area (Å²) in [4.78, 5) is 12.5. The molecule has 1 aliphatic heterocycles. The van der Waals surface area contributed by atoms with E-state index in [4.69, 9.17) is 9.15 Å². The topological polar surface area (TPSA) is 63.5 Å². The Hall–Kier alpha value is -2.01. The lowest BCUT2D eigenvalue weighted by molar-refractivity contribution is -0.0820. The first-order valence-corrected chi connectivity index (χ1v) is 9.75. The van der Waals surface area contributed by atoms with Gasteiger partial charge in [0.2, 0.25) is 0 Å². The van der Waals surface area contributed by atoms with Crippen molar-refractivity contribution in [1.29, 1.82) is 0 Å². The molecule has 26 heavy (non-hydrogen) atoms. The largest absolute Gasteiger partial charge is 0.459 e. The summed E-state index contributed by atoms with van der Waals surface area (Å²) >= 11 is 0. The molecule has 4 rings (SSSR count). The number of hydrogen-bond donors (Lipinski definition) is 2. The lowest BCUT2D eigenvalue weighted by Gasteiger charge is -2.38. The molecule has 1 spiro atoms. The standard InChI is InChI=1S/C21H28N2O3/c1-14-17-7-3-4-8-18(17)26-19(14)15(2)22-20(24)23-16-9-12-25-21(13-16)10-5-6-11-21/h3-4,7-8,15-16H,5-6,9-13H2,1-2H3,(H2,22,23,24). The van der Waals surface area contributed by atoms with E-state index in [1.54, 1.807) is 0 Å². The minimum Gasteiger partial charge on any atom is -0.459 e. The number of benzene rings is 1. The van der Waals surface area contributed by atoms with Crippen LogP contribution in [0.5, 0.6) is 0 Å². The summed E-state index contributed by atoms with van der Waals surface area (Å²) in [7, 11) is 0. The van der Waals surface area contributed by atoms with Crippen molar-refractivity contribution in [3.63, 3.8) is 0 Å². The number of carbonyl (C=O) groups is 1. The Bertz CT molecular complexity index is 792. The number of furan rings is 1. The zero-order valence-electron chi connectivity index (χ0n) is 15.6. The number of fused-ring (bicyclic) bond motifs is 1. The summed E-state index contributed by atoms with van der Waals surface area (Å²) in [5.41, 5.74) is 1.96. The van der Waals surface area contributed by atoms with Crippen LogP contribution < -0.4 is 10.6 Å². The summed E-state index contributed by atoms with van der Waals surface area (Å²) in [5, 5.41) is 7.29. The van der Waals surface area contributed by atoms with Gasteiger partial charge in [0.05, 0.1) is 11.6 Å². The van der Waals surface area contributed by atoms with Gasteiger partial charge in [-0.3, -0.25) is 0 Å². The van der Waals surface area contributed by atoms with Crippen LogP contribution in [0.4, 0.5) is 4.79 Å². The van der Waals surface area contributed by atoms with Gasteiger partial charge in [0, 0.05) is 23.6 Å². The Balaban J connectivity index is 1.38. The number of nitrogens with one attached hydrogen (secondary N) is 2. The van der Waals surface area contributed by atoms with Gasteiger partial charge in [0.15, 0.2) is 0 Å². The average Bonchev–Trinajstić information content (AvgIpc) is 3.20. The smallest absolute Gasteiger partial charge is 0.315 e. The first kappa shape index (κ1) is 17.4. The van der Waals surface area contributed by atoms with Crippen LogP contribution in [0.15, 0.2) is 28.7 Å². The van der Waals surface area contributed by atoms with Crippen LogP contribution in [-0.4, -0.2) is 24.3 Å². The van der Waals surface area contributed by atoms with Gasteiger partial charge in [-0.05, 0) is 45.6 Å². The van der Waals surface area contributed by atoms with Crippen molar-refractivity contribution < 1.29 is 13.9 Å². The zero-order valence-corrected chi connectivity index (χ0v) is 15.6. The Morgan fingerprint density at radius 3 is 2.81 bits per heavy atom. The maximum absolute atomic E-state index is 12.5. The van der Waals surface area contributed by atoms with Gasteiger partial charge < -0.3 is 19.8 Å². The van der Waals surface area contributed by atoms with Crippen molar-refractivity contribution >= 4 is 17.0 Å². The van der Waals surface area contributed by atoms with Crippen molar-refractivity contribution in [3.05, 3.63) is 35.6 Å². The molecule has 2 aromatic rings. The molecular weight excluding hydrogens is 328 g/mol. The highest BCUT2D eigenvalue weighted by molar-refractivity contribution is 5.82. The fraction of sp³-hybridized carbons (Fsp3) is 0.571. The highest BCUT2D eigenvalue weighted by Crippen LogP contribution is 2.40. The zero-order chi connectivity index (χ0) is 18.1. The molecule has 140 valence electrons. The molecule has 2 heterocycles. The van der Waals surface area contributed by atoms with Gasteiger partial charge in [-0.2, -0.15) is 0 Å². The normalized spacial score (nSPS) is 23.2. The Morgan fingerprint density at radius 2 is 2.04 bits per heavy atom. The van der Waals surface area contributed by atoms with E-state index in [2.05, 4.69) is 10.6 Å². The second-order valence-electron chi connectivity index (χ2n) is 7.86. The maximum Gasteiger partial charge on any atom is 0.315 e. The Labute approximate surface area is 154 Å². The molecule has 2 unspecified atom stereocenters. The van der Waals surface area contributed by atoms with E-state index in [1.165, 1.54) is 12.8 Å². The molecule has 2 aliphatic rings. The molecule has 1 saturated carbocycles. The number of hydrogen-bond acceptors (Lipinski definition) is 3. The van der Waals surface area contributed by atoms with E-state index in [0.29, 0.717) is 0 Å². The highest BCUT2D eigenvalue weighted by atomic mass is 16.5. The molecule has 5 heteroatoms. The summed E-state index contributed by atoms with van der Waals surface area (Å²) < 4.78 is 12.0. The quantitative estimate of drug-likeness (QED) is 0.845. The van der Waals surface area contributed by atoms with Gasteiger partial charge in [-0.25, -0.2) is 4.79 Å². The van der Waals surface area contributed by atoms with E-state index >= 15 is 0 Å². The van der Waals surface area contributed by atoms with Gasteiger partial charge >= 0.3 is 6.03 Å². The van der Waals surface area contributed by atoms with Crippen molar-refractivity contribution in [1.82, 2.24) is 10.6 Å². The molecule has 2 fully saturated rings.